The Labute approximate surface area is 233 Å². The highest BCUT2D eigenvalue weighted by molar-refractivity contribution is 9.10. The smallest absolute Gasteiger partial charge is 0.263 e. The monoisotopic (exact) mass is 585 g/mol. The van der Waals surface area contributed by atoms with E-state index < -0.39 is 0 Å². The van der Waals surface area contributed by atoms with Crippen LogP contribution in [0.1, 0.15) is 45.5 Å². The summed E-state index contributed by atoms with van der Waals surface area (Å²) in [6, 6.07) is 11.3. The SMILES string of the molecule is Cc1cc(C)n(-c2nc3c(c(=O)n2-c2cnc4c(ccn4C)c2)CC(C)N(C(=O)c2ccc(Br)c(C)c2)C3)n1. The first-order valence-corrected chi connectivity index (χ1v) is 13.6. The van der Waals surface area contributed by atoms with Gasteiger partial charge in [0.15, 0.2) is 0 Å². The molecule has 1 aromatic carbocycles. The van der Waals surface area contributed by atoms with E-state index in [1.807, 2.05) is 81.9 Å². The summed E-state index contributed by atoms with van der Waals surface area (Å²) in [7, 11) is 1.94. The van der Waals surface area contributed by atoms with Crippen molar-refractivity contribution in [3.8, 4) is 11.6 Å². The van der Waals surface area contributed by atoms with E-state index in [9.17, 15) is 9.59 Å². The fourth-order valence-electron chi connectivity index (χ4n) is 5.33. The van der Waals surface area contributed by atoms with Crippen molar-refractivity contribution < 1.29 is 4.79 Å². The normalized spacial score (nSPS) is 15.1. The molecule has 0 bridgehead atoms. The number of rotatable bonds is 3. The van der Waals surface area contributed by atoms with Crippen LogP contribution in [-0.2, 0) is 20.0 Å². The Morgan fingerprint density at radius 3 is 2.62 bits per heavy atom. The minimum Gasteiger partial charge on any atom is -0.336 e. The molecule has 1 unspecified atom stereocenters. The van der Waals surface area contributed by atoms with Crippen LogP contribution >= 0.6 is 15.9 Å². The molecule has 0 saturated carbocycles. The van der Waals surface area contributed by atoms with Crippen molar-refractivity contribution in [3.05, 3.63) is 97.4 Å². The van der Waals surface area contributed by atoms with E-state index in [4.69, 9.17) is 4.98 Å². The molecule has 5 heterocycles. The lowest BCUT2D eigenvalue weighted by Crippen LogP contribution is -2.46. The molecule has 5 aromatic rings. The average Bonchev–Trinajstić information content (AvgIpc) is 3.45. The summed E-state index contributed by atoms with van der Waals surface area (Å²) in [5.41, 5.74) is 5.75. The third-order valence-electron chi connectivity index (χ3n) is 7.41. The van der Waals surface area contributed by atoms with Crippen LogP contribution in [0.2, 0.25) is 0 Å². The largest absolute Gasteiger partial charge is 0.336 e. The molecular weight excluding hydrogens is 558 g/mol. The second-order valence-corrected chi connectivity index (χ2v) is 11.2. The highest BCUT2D eigenvalue weighted by Crippen LogP contribution is 2.26. The highest BCUT2D eigenvalue weighted by atomic mass is 79.9. The van der Waals surface area contributed by atoms with Crippen LogP contribution in [0.3, 0.4) is 0 Å². The molecular formula is C29H28BrN7O2. The maximum atomic E-state index is 14.2. The molecule has 0 spiro atoms. The second-order valence-electron chi connectivity index (χ2n) is 10.3. The van der Waals surface area contributed by atoms with Gasteiger partial charge in [-0.3, -0.25) is 9.59 Å². The molecule has 1 aliphatic heterocycles. The van der Waals surface area contributed by atoms with E-state index >= 15 is 0 Å². The molecule has 10 heteroatoms. The van der Waals surface area contributed by atoms with E-state index in [1.165, 1.54) is 0 Å². The van der Waals surface area contributed by atoms with Crippen molar-refractivity contribution in [2.45, 2.75) is 46.7 Å². The van der Waals surface area contributed by atoms with Gasteiger partial charge in [-0.15, -0.1) is 0 Å². The Bertz CT molecular complexity index is 1850. The molecule has 6 rings (SSSR count). The van der Waals surface area contributed by atoms with Gasteiger partial charge in [-0.2, -0.15) is 5.10 Å². The summed E-state index contributed by atoms with van der Waals surface area (Å²) in [5.74, 6) is 0.295. The van der Waals surface area contributed by atoms with Gasteiger partial charge in [0.1, 0.15) is 5.65 Å². The number of nitrogens with zero attached hydrogens (tertiary/aromatic N) is 7. The second kappa shape index (κ2) is 9.30. The van der Waals surface area contributed by atoms with E-state index in [0.717, 1.165) is 32.5 Å². The van der Waals surface area contributed by atoms with Gasteiger partial charge in [-0.05, 0) is 76.1 Å². The summed E-state index contributed by atoms with van der Waals surface area (Å²) in [5, 5.41) is 5.57. The Morgan fingerprint density at radius 2 is 1.90 bits per heavy atom. The Balaban J connectivity index is 1.51. The van der Waals surface area contributed by atoms with E-state index in [2.05, 4.69) is 26.0 Å². The summed E-state index contributed by atoms with van der Waals surface area (Å²) in [6.45, 7) is 8.01. The molecule has 0 radical (unpaired) electrons. The molecule has 1 atom stereocenters. The summed E-state index contributed by atoms with van der Waals surface area (Å²) < 4.78 is 6.18. The maximum absolute atomic E-state index is 14.2. The van der Waals surface area contributed by atoms with Gasteiger partial charge in [-0.25, -0.2) is 19.2 Å². The molecule has 1 aliphatic rings. The van der Waals surface area contributed by atoms with Gasteiger partial charge in [0, 0.05) is 46.0 Å². The zero-order valence-electron chi connectivity index (χ0n) is 22.4. The van der Waals surface area contributed by atoms with Crippen LogP contribution in [0.15, 0.2) is 58.1 Å². The standard InChI is InChI=1S/C29H28BrN7O2/c1-16-10-21(6-7-24(16)30)27(38)35-15-25-23(12-18(35)3)28(39)36(29(32-25)37-19(4)11-17(2)33-37)22-13-20-8-9-34(5)26(20)31-14-22/h6-11,13-14,18H,12,15H2,1-5H3. The van der Waals surface area contributed by atoms with Crippen LogP contribution < -0.4 is 5.56 Å². The topological polar surface area (TPSA) is 90.8 Å². The molecule has 198 valence electrons. The minimum atomic E-state index is -0.175. The highest BCUT2D eigenvalue weighted by Gasteiger charge is 2.32. The van der Waals surface area contributed by atoms with Crippen LogP contribution in [0.5, 0.6) is 0 Å². The number of amides is 1. The molecule has 0 saturated heterocycles. The summed E-state index contributed by atoms with van der Waals surface area (Å²) in [4.78, 5) is 39.2. The molecule has 4 aromatic heterocycles. The number of benzene rings is 1. The number of aryl methyl sites for hydroxylation is 4. The molecule has 0 fully saturated rings. The molecule has 39 heavy (non-hydrogen) atoms. The maximum Gasteiger partial charge on any atom is 0.263 e. The first-order chi connectivity index (χ1) is 18.6. The van der Waals surface area contributed by atoms with Gasteiger partial charge >= 0.3 is 0 Å². The number of pyridine rings is 1. The lowest BCUT2D eigenvalue weighted by Gasteiger charge is -2.34. The quantitative estimate of drug-likeness (QED) is 0.309. The predicted molar refractivity (Wildman–Crippen MR) is 153 cm³/mol. The number of carbonyl (C=O) groups excluding carboxylic acids is 1. The van der Waals surface area contributed by atoms with Crippen LogP contribution in [-0.4, -0.2) is 45.7 Å². The lowest BCUT2D eigenvalue weighted by molar-refractivity contribution is 0.0653. The first kappa shape index (κ1) is 25.2. The van der Waals surface area contributed by atoms with Gasteiger partial charge in [-0.1, -0.05) is 15.9 Å². The van der Waals surface area contributed by atoms with Gasteiger partial charge in [0.25, 0.3) is 11.5 Å². The fourth-order valence-corrected chi connectivity index (χ4v) is 5.58. The number of carbonyl (C=O) groups is 1. The number of halogens is 1. The van der Waals surface area contributed by atoms with E-state index in [0.29, 0.717) is 34.9 Å². The molecule has 0 N–H and O–H groups in total. The van der Waals surface area contributed by atoms with E-state index in [-0.39, 0.29) is 24.1 Å². The predicted octanol–water partition coefficient (Wildman–Crippen LogP) is 4.58. The minimum absolute atomic E-state index is 0.0823. The van der Waals surface area contributed by atoms with Crippen molar-refractivity contribution in [2.24, 2.45) is 7.05 Å². The summed E-state index contributed by atoms with van der Waals surface area (Å²) >= 11 is 3.51. The van der Waals surface area contributed by atoms with Crippen LogP contribution in [0, 0.1) is 20.8 Å². The Morgan fingerprint density at radius 1 is 1.10 bits per heavy atom. The number of fused-ring (bicyclic) bond motifs is 2. The first-order valence-electron chi connectivity index (χ1n) is 12.8. The zero-order chi connectivity index (χ0) is 27.6. The third kappa shape index (κ3) is 4.19. The van der Waals surface area contributed by atoms with Gasteiger partial charge in [0.05, 0.1) is 29.8 Å². The van der Waals surface area contributed by atoms with Crippen molar-refractivity contribution in [1.82, 2.24) is 33.8 Å². The average molecular weight is 586 g/mol. The number of hydrogen-bond donors (Lipinski definition) is 0. The summed E-state index contributed by atoms with van der Waals surface area (Å²) in [6.07, 6.45) is 4.04. The Kier molecular flexibility index (Phi) is 6.02. The lowest BCUT2D eigenvalue weighted by atomic mass is 9.98. The fraction of sp³-hybridized carbons (Fsp3) is 0.276. The molecule has 0 aliphatic carbocycles. The van der Waals surface area contributed by atoms with Crippen molar-refractivity contribution >= 4 is 32.9 Å². The van der Waals surface area contributed by atoms with E-state index in [1.54, 1.807) is 20.3 Å². The van der Waals surface area contributed by atoms with Gasteiger partial charge in [0.2, 0.25) is 5.95 Å². The third-order valence-corrected chi connectivity index (χ3v) is 8.30. The number of aromatic nitrogens is 6. The van der Waals surface area contributed by atoms with Crippen LogP contribution in [0.4, 0.5) is 0 Å². The number of hydrogen-bond acceptors (Lipinski definition) is 5. The van der Waals surface area contributed by atoms with Crippen molar-refractivity contribution in [1.29, 1.82) is 0 Å². The molecule has 9 nitrogen and oxygen atoms in total. The van der Waals surface area contributed by atoms with Crippen molar-refractivity contribution in [3.63, 3.8) is 0 Å². The Hall–Kier alpha value is -4.05. The zero-order valence-corrected chi connectivity index (χ0v) is 24.0. The van der Waals surface area contributed by atoms with Crippen molar-refractivity contribution in [2.75, 3.05) is 0 Å². The van der Waals surface area contributed by atoms with Crippen LogP contribution in [0.25, 0.3) is 22.7 Å². The molecule has 1 amide bonds. The van der Waals surface area contributed by atoms with Gasteiger partial charge < -0.3 is 9.47 Å².